The number of rotatable bonds is 2. The Balaban J connectivity index is 2.20. The summed E-state index contributed by atoms with van der Waals surface area (Å²) in [6.45, 7) is 4.43. The van der Waals surface area contributed by atoms with Gasteiger partial charge in [0.25, 0.3) is 0 Å². The van der Waals surface area contributed by atoms with Crippen LogP contribution in [0.2, 0.25) is 0 Å². The van der Waals surface area contributed by atoms with E-state index in [2.05, 4.69) is 35.8 Å². The van der Waals surface area contributed by atoms with Crippen LogP contribution in [0.4, 0.5) is 0 Å². The zero-order chi connectivity index (χ0) is 11.7. The summed E-state index contributed by atoms with van der Waals surface area (Å²) in [7, 11) is 0. The lowest BCUT2D eigenvalue weighted by Gasteiger charge is -2.31. The predicted molar refractivity (Wildman–Crippen MR) is 69.6 cm³/mol. The first-order valence-electron chi connectivity index (χ1n) is 5.78. The second-order valence-corrected chi connectivity index (χ2v) is 5.81. The molecule has 3 heteroatoms. The molecule has 2 atom stereocenters. The monoisotopic (exact) mass is 283 g/mol. The fourth-order valence-electron chi connectivity index (χ4n) is 2.22. The zero-order valence-corrected chi connectivity index (χ0v) is 11.3. The van der Waals surface area contributed by atoms with Crippen LogP contribution >= 0.6 is 15.9 Å². The highest BCUT2D eigenvalue weighted by molar-refractivity contribution is 9.10. The normalized spacial score (nSPS) is 24.1. The van der Waals surface area contributed by atoms with Crippen LogP contribution < -0.4 is 10.5 Å². The molecule has 2 unspecified atom stereocenters. The lowest BCUT2D eigenvalue weighted by molar-refractivity contribution is 0.136. The van der Waals surface area contributed by atoms with Crippen LogP contribution in [-0.2, 0) is 0 Å². The molecule has 2 rings (SSSR count). The van der Waals surface area contributed by atoms with E-state index >= 15 is 0 Å². The zero-order valence-electron chi connectivity index (χ0n) is 9.74. The van der Waals surface area contributed by atoms with E-state index in [0.29, 0.717) is 5.92 Å². The highest BCUT2D eigenvalue weighted by Crippen LogP contribution is 2.36. The minimum atomic E-state index is 0.112. The van der Waals surface area contributed by atoms with Gasteiger partial charge in [0, 0.05) is 22.5 Å². The summed E-state index contributed by atoms with van der Waals surface area (Å²) in [6, 6.07) is 6.20. The summed E-state index contributed by atoms with van der Waals surface area (Å²) in [4.78, 5) is 0. The molecule has 1 aromatic carbocycles. The van der Waals surface area contributed by atoms with Crippen LogP contribution in [0, 0.1) is 5.92 Å². The van der Waals surface area contributed by atoms with Crippen molar-refractivity contribution in [3.8, 4) is 5.75 Å². The van der Waals surface area contributed by atoms with Gasteiger partial charge in [-0.05, 0) is 24.5 Å². The minimum Gasteiger partial charge on any atom is -0.490 e. The van der Waals surface area contributed by atoms with E-state index in [-0.39, 0.29) is 12.1 Å². The van der Waals surface area contributed by atoms with Crippen molar-refractivity contribution in [2.75, 3.05) is 0 Å². The first kappa shape index (κ1) is 11.9. The Morgan fingerprint density at radius 1 is 1.50 bits per heavy atom. The fourth-order valence-corrected chi connectivity index (χ4v) is 2.56. The van der Waals surface area contributed by atoms with Crippen molar-refractivity contribution in [3.63, 3.8) is 0 Å². The smallest absolute Gasteiger partial charge is 0.125 e. The second-order valence-electron chi connectivity index (χ2n) is 4.89. The molecular formula is C13H18BrNO. The molecule has 0 amide bonds. The van der Waals surface area contributed by atoms with E-state index in [4.69, 9.17) is 10.5 Å². The number of ether oxygens (including phenoxy) is 1. The van der Waals surface area contributed by atoms with E-state index in [1.54, 1.807) is 0 Å². The molecule has 0 radical (unpaired) electrons. The van der Waals surface area contributed by atoms with Gasteiger partial charge in [0.15, 0.2) is 0 Å². The fraction of sp³-hybridized carbons (Fsp3) is 0.538. The third-order valence-corrected chi connectivity index (χ3v) is 3.41. The van der Waals surface area contributed by atoms with Crippen LogP contribution in [-0.4, -0.2) is 6.10 Å². The van der Waals surface area contributed by atoms with Gasteiger partial charge in [-0.15, -0.1) is 0 Å². The highest BCUT2D eigenvalue weighted by Gasteiger charge is 2.26. The SMILES string of the molecule is CC(C)CC1CC(N)c2ccc(Br)cc2O1. The summed E-state index contributed by atoms with van der Waals surface area (Å²) >= 11 is 3.46. The van der Waals surface area contributed by atoms with Gasteiger partial charge in [-0.1, -0.05) is 35.8 Å². The maximum Gasteiger partial charge on any atom is 0.125 e. The molecular weight excluding hydrogens is 266 g/mol. The Morgan fingerprint density at radius 2 is 2.25 bits per heavy atom. The Labute approximate surface area is 105 Å². The largest absolute Gasteiger partial charge is 0.490 e. The van der Waals surface area contributed by atoms with E-state index in [9.17, 15) is 0 Å². The molecule has 88 valence electrons. The molecule has 0 saturated heterocycles. The predicted octanol–water partition coefficient (Wildman–Crippen LogP) is 3.65. The maximum absolute atomic E-state index is 6.17. The lowest BCUT2D eigenvalue weighted by atomic mass is 9.93. The average molecular weight is 284 g/mol. The molecule has 0 aliphatic carbocycles. The molecule has 1 aromatic rings. The van der Waals surface area contributed by atoms with Gasteiger partial charge < -0.3 is 10.5 Å². The van der Waals surface area contributed by atoms with Gasteiger partial charge in [0.2, 0.25) is 0 Å². The molecule has 0 bridgehead atoms. The first-order valence-corrected chi connectivity index (χ1v) is 6.57. The van der Waals surface area contributed by atoms with Crippen LogP contribution in [0.15, 0.2) is 22.7 Å². The van der Waals surface area contributed by atoms with Crippen molar-refractivity contribution in [1.29, 1.82) is 0 Å². The minimum absolute atomic E-state index is 0.112. The van der Waals surface area contributed by atoms with Crippen LogP contribution in [0.3, 0.4) is 0 Å². The summed E-state index contributed by atoms with van der Waals surface area (Å²) in [5.41, 5.74) is 7.30. The maximum atomic E-state index is 6.17. The molecule has 0 aromatic heterocycles. The van der Waals surface area contributed by atoms with E-state index in [1.807, 2.05) is 12.1 Å². The molecule has 0 fully saturated rings. The van der Waals surface area contributed by atoms with E-state index in [1.165, 1.54) is 0 Å². The molecule has 2 nitrogen and oxygen atoms in total. The van der Waals surface area contributed by atoms with Crippen molar-refractivity contribution in [2.24, 2.45) is 11.7 Å². The Hall–Kier alpha value is -0.540. The summed E-state index contributed by atoms with van der Waals surface area (Å²) in [5, 5.41) is 0. The lowest BCUT2D eigenvalue weighted by Crippen LogP contribution is -2.30. The third kappa shape index (κ3) is 2.58. The summed E-state index contributed by atoms with van der Waals surface area (Å²) in [5.74, 6) is 1.59. The number of fused-ring (bicyclic) bond motifs is 1. The Kier molecular flexibility index (Phi) is 3.55. The molecule has 1 aliphatic rings. The molecule has 16 heavy (non-hydrogen) atoms. The van der Waals surface area contributed by atoms with Crippen molar-refractivity contribution in [1.82, 2.24) is 0 Å². The topological polar surface area (TPSA) is 35.2 Å². The van der Waals surface area contributed by atoms with E-state index < -0.39 is 0 Å². The number of hydrogen-bond acceptors (Lipinski definition) is 2. The highest BCUT2D eigenvalue weighted by atomic mass is 79.9. The number of nitrogens with two attached hydrogens (primary N) is 1. The molecule has 0 spiro atoms. The van der Waals surface area contributed by atoms with Gasteiger partial charge in [-0.2, -0.15) is 0 Å². The molecule has 1 aliphatic heterocycles. The quantitative estimate of drug-likeness (QED) is 0.899. The second kappa shape index (κ2) is 4.76. The van der Waals surface area contributed by atoms with Crippen molar-refractivity contribution < 1.29 is 4.74 Å². The van der Waals surface area contributed by atoms with Gasteiger partial charge in [-0.3, -0.25) is 0 Å². The number of halogens is 1. The summed E-state index contributed by atoms with van der Waals surface area (Å²) in [6.07, 6.45) is 2.25. The van der Waals surface area contributed by atoms with Gasteiger partial charge in [0.1, 0.15) is 11.9 Å². The Morgan fingerprint density at radius 3 is 2.94 bits per heavy atom. The van der Waals surface area contributed by atoms with Crippen molar-refractivity contribution >= 4 is 15.9 Å². The molecule has 2 N–H and O–H groups in total. The Bertz CT molecular complexity index is 378. The number of hydrogen-bond donors (Lipinski definition) is 1. The van der Waals surface area contributed by atoms with Crippen molar-refractivity contribution in [2.45, 2.75) is 38.8 Å². The molecule has 0 saturated carbocycles. The third-order valence-electron chi connectivity index (χ3n) is 2.92. The van der Waals surface area contributed by atoms with Crippen LogP contribution in [0.5, 0.6) is 5.75 Å². The summed E-state index contributed by atoms with van der Waals surface area (Å²) < 4.78 is 7.03. The van der Waals surface area contributed by atoms with Crippen LogP contribution in [0.1, 0.15) is 38.3 Å². The number of benzene rings is 1. The standard InChI is InChI=1S/C13H18BrNO/c1-8(2)5-10-7-12(15)11-4-3-9(14)6-13(11)16-10/h3-4,6,8,10,12H,5,7,15H2,1-2H3. The average Bonchev–Trinajstić information content (AvgIpc) is 2.15. The molecule has 1 heterocycles. The van der Waals surface area contributed by atoms with Crippen LogP contribution in [0.25, 0.3) is 0 Å². The van der Waals surface area contributed by atoms with E-state index in [0.717, 1.165) is 28.6 Å². The van der Waals surface area contributed by atoms with Gasteiger partial charge in [-0.25, -0.2) is 0 Å². The van der Waals surface area contributed by atoms with Gasteiger partial charge >= 0.3 is 0 Å². The van der Waals surface area contributed by atoms with Crippen molar-refractivity contribution in [3.05, 3.63) is 28.2 Å². The first-order chi connectivity index (χ1) is 7.56. The van der Waals surface area contributed by atoms with Gasteiger partial charge in [0.05, 0.1) is 0 Å².